The number of carbonyl (C=O) groups is 1. The lowest BCUT2D eigenvalue weighted by Gasteiger charge is -1.95. The van der Waals surface area contributed by atoms with Gasteiger partial charge in [-0.05, 0) is 19.1 Å². The topological polar surface area (TPSA) is 72.5 Å². The van der Waals surface area contributed by atoms with Gasteiger partial charge in [0.15, 0.2) is 0 Å². The molecular weight excluding hydrogens is 182 g/mol. The van der Waals surface area contributed by atoms with Gasteiger partial charge >= 0.3 is 5.97 Å². The Morgan fingerprint density at radius 2 is 1.86 bits per heavy atom. The Hall–Kier alpha value is -1.39. The molecule has 1 aromatic rings. The predicted octanol–water partition coefficient (Wildman–Crippen LogP) is 1.32. The van der Waals surface area contributed by atoms with Gasteiger partial charge < -0.3 is 15.6 Å². The van der Waals surface area contributed by atoms with E-state index in [-0.39, 0.29) is 6.23 Å². The third kappa shape index (κ3) is 6.16. The van der Waals surface area contributed by atoms with E-state index in [2.05, 4.69) is 4.74 Å². The van der Waals surface area contributed by atoms with Gasteiger partial charge in [0.25, 0.3) is 0 Å². The van der Waals surface area contributed by atoms with E-state index in [1.165, 1.54) is 0 Å². The number of benzene rings is 1. The molecule has 1 unspecified atom stereocenters. The van der Waals surface area contributed by atoms with Crippen molar-refractivity contribution in [1.29, 1.82) is 0 Å². The molecule has 4 nitrogen and oxygen atoms in total. The Labute approximate surface area is 83.3 Å². The molecule has 0 aliphatic heterocycles. The highest BCUT2D eigenvalue weighted by atomic mass is 16.5. The number of hydrogen-bond donors (Lipinski definition) is 2. The van der Waals surface area contributed by atoms with E-state index in [0.29, 0.717) is 5.56 Å². The minimum atomic E-state index is -0.879. The van der Waals surface area contributed by atoms with E-state index in [1.54, 1.807) is 44.4 Å². The Morgan fingerprint density at radius 1 is 1.43 bits per heavy atom. The summed E-state index contributed by atoms with van der Waals surface area (Å²) < 4.78 is 4.53. The third-order valence-electron chi connectivity index (χ3n) is 1.39. The van der Waals surface area contributed by atoms with Crippen LogP contribution in [0.25, 0.3) is 0 Å². The average Bonchev–Trinajstić information content (AvgIpc) is 2.20. The summed E-state index contributed by atoms with van der Waals surface area (Å²) >= 11 is 0. The van der Waals surface area contributed by atoms with Crippen molar-refractivity contribution >= 4 is 5.97 Å². The van der Waals surface area contributed by atoms with Gasteiger partial charge in [0.1, 0.15) is 6.23 Å². The van der Waals surface area contributed by atoms with Crippen molar-refractivity contribution in [1.82, 2.24) is 0 Å². The van der Waals surface area contributed by atoms with Gasteiger partial charge in [0.05, 0.1) is 5.56 Å². The van der Waals surface area contributed by atoms with Gasteiger partial charge in [-0.15, -0.1) is 0 Å². The highest BCUT2D eigenvalue weighted by Crippen LogP contribution is 1.96. The van der Waals surface area contributed by atoms with Crippen LogP contribution in [0, 0.1) is 0 Å². The lowest BCUT2D eigenvalue weighted by atomic mass is 10.2. The first-order valence-corrected chi connectivity index (χ1v) is 4.14. The van der Waals surface area contributed by atoms with E-state index in [4.69, 9.17) is 10.8 Å². The smallest absolute Gasteiger partial charge is 0.335 e. The lowest BCUT2D eigenvalue weighted by Crippen LogP contribution is -2.15. The summed E-state index contributed by atoms with van der Waals surface area (Å²) in [6, 6.07) is 8.30. The largest absolute Gasteiger partial charge is 0.478 e. The standard InChI is InChI=1S/C7H6O2.C3H9NO/c8-7(9)6-4-2-1-3-5-6;1-3(4)5-2/h1-5H,(H,8,9);3H,4H2,1-2H3. The summed E-state index contributed by atoms with van der Waals surface area (Å²) in [5.74, 6) is -0.879. The molecule has 0 radical (unpaired) electrons. The number of carboxylic acids is 1. The zero-order chi connectivity index (χ0) is 11.0. The number of carboxylic acid groups (broad SMARTS) is 1. The maximum absolute atomic E-state index is 10.2. The summed E-state index contributed by atoms with van der Waals surface area (Å²) in [6.07, 6.45) is -0.116. The number of hydrogen-bond acceptors (Lipinski definition) is 3. The van der Waals surface area contributed by atoms with Crippen molar-refractivity contribution in [2.24, 2.45) is 5.73 Å². The molecule has 0 fully saturated rings. The van der Waals surface area contributed by atoms with Crippen molar-refractivity contribution in [2.75, 3.05) is 7.11 Å². The molecule has 0 aliphatic carbocycles. The molecule has 1 atom stereocenters. The Morgan fingerprint density at radius 3 is 2.07 bits per heavy atom. The molecule has 4 heteroatoms. The van der Waals surface area contributed by atoms with Crippen LogP contribution in [-0.2, 0) is 4.74 Å². The first-order valence-electron chi connectivity index (χ1n) is 4.14. The molecule has 3 N–H and O–H groups in total. The zero-order valence-electron chi connectivity index (χ0n) is 8.31. The summed E-state index contributed by atoms with van der Waals surface area (Å²) in [4.78, 5) is 10.2. The van der Waals surface area contributed by atoms with Crippen molar-refractivity contribution < 1.29 is 14.6 Å². The van der Waals surface area contributed by atoms with E-state index < -0.39 is 5.97 Å². The number of methoxy groups -OCH3 is 1. The van der Waals surface area contributed by atoms with Crippen molar-refractivity contribution in [3.8, 4) is 0 Å². The zero-order valence-corrected chi connectivity index (χ0v) is 8.31. The second-order valence-corrected chi connectivity index (χ2v) is 2.61. The second kappa shape index (κ2) is 7.06. The minimum absolute atomic E-state index is 0.116. The maximum atomic E-state index is 10.2. The molecule has 0 aliphatic rings. The predicted molar refractivity (Wildman–Crippen MR) is 54.1 cm³/mol. The second-order valence-electron chi connectivity index (χ2n) is 2.61. The van der Waals surface area contributed by atoms with Crippen LogP contribution in [0.3, 0.4) is 0 Å². The van der Waals surface area contributed by atoms with Crippen LogP contribution in [0.4, 0.5) is 0 Å². The molecule has 0 bridgehead atoms. The molecule has 14 heavy (non-hydrogen) atoms. The molecule has 1 aromatic carbocycles. The SMILES string of the molecule is COC(C)N.O=C(O)c1ccccc1. The van der Waals surface area contributed by atoms with Crippen LogP contribution in [0.1, 0.15) is 17.3 Å². The average molecular weight is 197 g/mol. The van der Waals surface area contributed by atoms with Gasteiger partial charge in [0, 0.05) is 7.11 Å². The van der Waals surface area contributed by atoms with Crippen LogP contribution >= 0.6 is 0 Å². The van der Waals surface area contributed by atoms with Crippen molar-refractivity contribution in [2.45, 2.75) is 13.2 Å². The van der Waals surface area contributed by atoms with Crippen molar-refractivity contribution in [3.63, 3.8) is 0 Å². The van der Waals surface area contributed by atoms with E-state index >= 15 is 0 Å². The number of aromatic carboxylic acids is 1. The fourth-order valence-electron chi connectivity index (χ4n) is 0.581. The summed E-state index contributed by atoms with van der Waals surface area (Å²) in [5, 5.41) is 8.38. The summed E-state index contributed by atoms with van der Waals surface area (Å²) in [6.45, 7) is 1.78. The van der Waals surface area contributed by atoms with E-state index in [0.717, 1.165) is 0 Å². The fourth-order valence-corrected chi connectivity index (χ4v) is 0.581. The molecule has 0 heterocycles. The normalized spacial score (nSPS) is 11.1. The van der Waals surface area contributed by atoms with Crippen molar-refractivity contribution in [3.05, 3.63) is 35.9 Å². The molecular formula is C10H15NO3. The molecule has 0 aromatic heterocycles. The Kier molecular flexibility index (Phi) is 6.36. The van der Waals surface area contributed by atoms with Crippen LogP contribution in [0.5, 0.6) is 0 Å². The number of nitrogens with two attached hydrogens (primary N) is 1. The molecule has 0 saturated heterocycles. The van der Waals surface area contributed by atoms with Gasteiger partial charge in [-0.3, -0.25) is 0 Å². The summed E-state index contributed by atoms with van der Waals surface area (Å²) in [5.41, 5.74) is 5.40. The molecule has 0 spiro atoms. The van der Waals surface area contributed by atoms with Crippen LogP contribution in [0.2, 0.25) is 0 Å². The van der Waals surface area contributed by atoms with Crippen LogP contribution in [0.15, 0.2) is 30.3 Å². The summed E-state index contributed by atoms with van der Waals surface area (Å²) in [7, 11) is 1.57. The van der Waals surface area contributed by atoms with Gasteiger partial charge in [-0.1, -0.05) is 18.2 Å². The van der Waals surface area contributed by atoms with Gasteiger partial charge in [-0.25, -0.2) is 4.79 Å². The first kappa shape index (κ1) is 12.6. The van der Waals surface area contributed by atoms with E-state index in [1.807, 2.05) is 0 Å². The molecule has 78 valence electrons. The quantitative estimate of drug-likeness (QED) is 0.701. The Balaban J connectivity index is 0.000000292. The third-order valence-corrected chi connectivity index (χ3v) is 1.39. The monoisotopic (exact) mass is 197 g/mol. The highest BCUT2D eigenvalue weighted by molar-refractivity contribution is 5.87. The van der Waals surface area contributed by atoms with Gasteiger partial charge in [0.2, 0.25) is 0 Å². The molecule has 0 saturated carbocycles. The molecule has 1 rings (SSSR count). The van der Waals surface area contributed by atoms with Crippen LogP contribution < -0.4 is 5.73 Å². The lowest BCUT2D eigenvalue weighted by molar-refractivity contribution is 0.0697. The number of ether oxygens (including phenoxy) is 1. The Bertz CT molecular complexity index is 259. The molecule has 0 amide bonds. The maximum Gasteiger partial charge on any atom is 0.335 e. The number of rotatable bonds is 2. The first-order chi connectivity index (χ1) is 6.57. The van der Waals surface area contributed by atoms with Crippen LogP contribution in [-0.4, -0.2) is 24.4 Å². The fraction of sp³-hybridized carbons (Fsp3) is 0.300. The van der Waals surface area contributed by atoms with Gasteiger partial charge in [-0.2, -0.15) is 0 Å². The highest BCUT2D eigenvalue weighted by Gasteiger charge is 1.96. The van der Waals surface area contributed by atoms with E-state index in [9.17, 15) is 4.79 Å². The minimum Gasteiger partial charge on any atom is -0.478 e.